The molecule has 0 aromatic rings. The molecule has 3 nitrogen and oxygen atoms in total. The van der Waals surface area contributed by atoms with Crippen LogP contribution in [-0.2, 0) is 0 Å². The number of nitrogens with two attached hydrogens (primary N) is 1. The number of aliphatic imine (C=N–C) groups is 1. The highest BCUT2D eigenvalue weighted by Gasteiger charge is 1.92. The second-order valence-corrected chi connectivity index (χ2v) is 1.54. The summed E-state index contributed by atoms with van der Waals surface area (Å²) >= 11 is 0. The Morgan fingerprint density at radius 1 is 1.88 bits per heavy atom. The first-order valence-corrected chi connectivity index (χ1v) is 2.58. The van der Waals surface area contributed by atoms with E-state index in [9.17, 15) is 0 Å². The van der Waals surface area contributed by atoms with Gasteiger partial charge in [-0.15, -0.1) is 0 Å². The topological polar surface area (TPSA) is 50.4 Å². The fourth-order valence-corrected chi connectivity index (χ4v) is 0.540. The summed E-state index contributed by atoms with van der Waals surface area (Å²) in [5.74, 6) is 0.868. The molecule has 0 spiro atoms. The number of hydrogen-bond donors (Lipinski definition) is 2. The van der Waals surface area contributed by atoms with Crippen molar-refractivity contribution in [2.45, 2.75) is 0 Å². The molecule has 0 aliphatic carbocycles. The summed E-state index contributed by atoms with van der Waals surface area (Å²) in [4.78, 5) is 4.04. The third kappa shape index (κ3) is 1.07. The fraction of sp³-hybridized carbons (Fsp3) is 0.400. The van der Waals surface area contributed by atoms with Crippen LogP contribution in [-0.4, -0.2) is 18.9 Å². The van der Waals surface area contributed by atoms with Crippen LogP contribution in [0, 0.1) is 0 Å². The summed E-state index contributed by atoms with van der Waals surface area (Å²) in [5, 5.41) is 2.91. The molecule has 0 atom stereocenters. The Bertz CT molecular complexity index is 126. The van der Waals surface area contributed by atoms with E-state index >= 15 is 0 Å². The minimum absolute atomic E-state index is 0.504. The first-order chi connectivity index (χ1) is 3.93. The van der Waals surface area contributed by atoms with Crippen LogP contribution in [0.2, 0.25) is 0 Å². The average molecular weight is 111 g/mol. The van der Waals surface area contributed by atoms with Crippen molar-refractivity contribution < 1.29 is 0 Å². The van der Waals surface area contributed by atoms with Crippen LogP contribution >= 0.6 is 0 Å². The van der Waals surface area contributed by atoms with Crippen LogP contribution < -0.4 is 11.1 Å². The van der Waals surface area contributed by atoms with Crippen LogP contribution in [0.4, 0.5) is 0 Å². The normalized spacial score (nSPS) is 17.4. The Labute approximate surface area is 48.3 Å². The number of rotatable bonds is 1. The third-order valence-corrected chi connectivity index (χ3v) is 0.949. The van der Waals surface area contributed by atoms with E-state index in [4.69, 9.17) is 5.73 Å². The Morgan fingerprint density at radius 3 is 3.12 bits per heavy atom. The lowest BCUT2D eigenvalue weighted by molar-refractivity contribution is 1.05. The van der Waals surface area contributed by atoms with Crippen LogP contribution in [0.1, 0.15) is 0 Å². The molecule has 3 heteroatoms. The molecule has 3 N–H and O–H groups in total. The van der Waals surface area contributed by atoms with E-state index in [1.165, 1.54) is 0 Å². The second-order valence-electron chi connectivity index (χ2n) is 1.54. The smallest absolute Gasteiger partial charge is 0.114 e. The summed E-state index contributed by atoms with van der Waals surface area (Å²) in [6.45, 7) is 1.27. The van der Waals surface area contributed by atoms with Gasteiger partial charge in [-0.25, -0.2) is 0 Å². The predicted octanol–water partition coefficient (Wildman–Crippen LogP) is -0.540. The van der Waals surface area contributed by atoms with Crippen molar-refractivity contribution in [3.8, 4) is 0 Å². The Balaban J connectivity index is 2.43. The molecular weight excluding hydrogens is 102 g/mol. The van der Waals surface area contributed by atoms with Gasteiger partial charge in [0.1, 0.15) is 5.84 Å². The van der Waals surface area contributed by atoms with E-state index in [-0.39, 0.29) is 0 Å². The molecule has 0 aromatic heterocycles. The number of hydrogen-bond acceptors (Lipinski definition) is 3. The summed E-state index contributed by atoms with van der Waals surface area (Å²) in [6.07, 6.45) is 3.80. The average Bonchev–Trinajstić information content (AvgIpc) is 1.90. The monoisotopic (exact) mass is 111 g/mol. The van der Waals surface area contributed by atoms with Crippen LogP contribution in [0.15, 0.2) is 17.3 Å². The first-order valence-electron chi connectivity index (χ1n) is 2.58. The van der Waals surface area contributed by atoms with E-state index in [1.807, 2.05) is 12.3 Å². The van der Waals surface area contributed by atoms with Gasteiger partial charge in [0, 0.05) is 0 Å². The van der Waals surface area contributed by atoms with Crippen molar-refractivity contribution in [2.24, 2.45) is 10.7 Å². The van der Waals surface area contributed by atoms with Crippen LogP contribution in [0.5, 0.6) is 0 Å². The van der Waals surface area contributed by atoms with Gasteiger partial charge in [0.2, 0.25) is 0 Å². The lowest BCUT2D eigenvalue weighted by atomic mass is 10.5. The highest BCUT2D eigenvalue weighted by molar-refractivity contribution is 5.85. The van der Waals surface area contributed by atoms with Gasteiger partial charge in [-0.1, -0.05) is 0 Å². The van der Waals surface area contributed by atoms with E-state index in [2.05, 4.69) is 10.3 Å². The zero-order valence-electron chi connectivity index (χ0n) is 4.59. The first kappa shape index (κ1) is 5.31. The van der Waals surface area contributed by atoms with Gasteiger partial charge in [-0.3, -0.25) is 4.99 Å². The van der Waals surface area contributed by atoms with Crippen molar-refractivity contribution in [1.29, 1.82) is 0 Å². The Kier molecular flexibility index (Phi) is 1.64. The van der Waals surface area contributed by atoms with Gasteiger partial charge in [0.25, 0.3) is 0 Å². The summed E-state index contributed by atoms with van der Waals surface area (Å²) < 4.78 is 0. The maximum absolute atomic E-state index is 5.28. The Hall–Kier alpha value is -0.830. The van der Waals surface area contributed by atoms with Gasteiger partial charge in [0.15, 0.2) is 0 Å². The second kappa shape index (κ2) is 2.47. The molecule has 0 aromatic carbocycles. The number of nitrogens with zero attached hydrogens (tertiary/aromatic N) is 1. The zero-order valence-corrected chi connectivity index (χ0v) is 4.59. The molecular formula is C5H9N3. The van der Waals surface area contributed by atoms with E-state index in [0.717, 1.165) is 12.4 Å². The fourth-order valence-electron chi connectivity index (χ4n) is 0.540. The standard InChI is InChI=1S/C5H9N3/c6-4-5-7-2-1-3-8-5/h1-2H,3-4,6H2,(H,7,8). The molecule has 1 aliphatic rings. The van der Waals surface area contributed by atoms with E-state index in [1.54, 1.807) is 0 Å². The third-order valence-electron chi connectivity index (χ3n) is 0.949. The molecule has 0 radical (unpaired) electrons. The summed E-state index contributed by atoms with van der Waals surface area (Å²) in [6, 6.07) is 0. The van der Waals surface area contributed by atoms with Crippen molar-refractivity contribution in [2.75, 3.05) is 13.1 Å². The molecule has 0 fully saturated rings. The Morgan fingerprint density at radius 2 is 2.75 bits per heavy atom. The SMILES string of the molecule is NCC1=NCC=CN1. The molecule has 0 saturated heterocycles. The molecule has 0 amide bonds. The molecule has 0 unspecified atom stereocenters. The largest absolute Gasteiger partial charge is 0.350 e. The zero-order chi connectivity index (χ0) is 5.82. The predicted molar refractivity (Wildman–Crippen MR) is 33.6 cm³/mol. The maximum Gasteiger partial charge on any atom is 0.114 e. The molecule has 44 valence electrons. The van der Waals surface area contributed by atoms with Gasteiger partial charge >= 0.3 is 0 Å². The highest BCUT2D eigenvalue weighted by atomic mass is 15.0. The minimum atomic E-state index is 0.504. The maximum atomic E-state index is 5.28. The van der Waals surface area contributed by atoms with Gasteiger partial charge in [0.05, 0.1) is 13.1 Å². The lowest BCUT2D eigenvalue weighted by Gasteiger charge is -2.05. The van der Waals surface area contributed by atoms with Crippen molar-refractivity contribution in [1.82, 2.24) is 5.32 Å². The van der Waals surface area contributed by atoms with Crippen molar-refractivity contribution in [3.63, 3.8) is 0 Å². The van der Waals surface area contributed by atoms with E-state index < -0.39 is 0 Å². The quantitative estimate of drug-likeness (QED) is 0.477. The van der Waals surface area contributed by atoms with E-state index in [0.29, 0.717) is 6.54 Å². The van der Waals surface area contributed by atoms with Crippen LogP contribution in [0.25, 0.3) is 0 Å². The number of amidine groups is 1. The highest BCUT2D eigenvalue weighted by Crippen LogP contribution is 1.81. The molecule has 0 saturated carbocycles. The minimum Gasteiger partial charge on any atom is -0.350 e. The van der Waals surface area contributed by atoms with Gasteiger partial charge in [-0.05, 0) is 12.3 Å². The molecule has 0 bridgehead atoms. The molecule has 1 aliphatic heterocycles. The molecule has 1 heterocycles. The van der Waals surface area contributed by atoms with Gasteiger partial charge in [-0.2, -0.15) is 0 Å². The molecule has 8 heavy (non-hydrogen) atoms. The number of nitrogens with one attached hydrogen (secondary N) is 1. The van der Waals surface area contributed by atoms with Crippen molar-refractivity contribution >= 4 is 5.84 Å². The van der Waals surface area contributed by atoms with Crippen molar-refractivity contribution in [3.05, 3.63) is 12.3 Å². The molecule has 1 rings (SSSR count). The lowest BCUT2D eigenvalue weighted by Crippen LogP contribution is -2.28. The summed E-state index contributed by atoms with van der Waals surface area (Å²) in [5.41, 5.74) is 5.28. The summed E-state index contributed by atoms with van der Waals surface area (Å²) in [7, 11) is 0. The van der Waals surface area contributed by atoms with Crippen LogP contribution in [0.3, 0.4) is 0 Å². The van der Waals surface area contributed by atoms with Gasteiger partial charge < -0.3 is 11.1 Å².